The normalized spacial score (nSPS) is 12.6. The first-order valence-corrected chi connectivity index (χ1v) is 7.02. The maximum absolute atomic E-state index is 14.1. The minimum absolute atomic E-state index is 0.0819. The van der Waals surface area contributed by atoms with Gasteiger partial charge in [0, 0.05) is 23.6 Å². The minimum atomic E-state index is -1.19. The molecule has 1 aromatic heterocycles. The van der Waals surface area contributed by atoms with Crippen LogP contribution in [0.5, 0.6) is 0 Å². The van der Waals surface area contributed by atoms with Gasteiger partial charge in [-0.2, -0.15) is 0 Å². The minimum Gasteiger partial charge on any atom is -0.469 e. The maximum Gasteiger partial charge on any atom is 0.161 e. The van der Waals surface area contributed by atoms with Crippen molar-refractivity contribution in [1.29, 1.82) is 0 Å². The standard InChI is InChI=1S/C16H18F3NO/c1-3-6-20-16(10-5-7-21-15(10)4-2)11-8-13(18)14(19)9-12(11)17/h5,7-9,16,20H,3-4,6H2,1-2H3. The average Bonchev–Trinajstić information content (AvgIpc) is 2.93. The Morgan fingerprint density at radius 1 is 1.05 bits per heavy atom. The second-order valence-electron chi connectivity index (χ2n) is 4.83. The molecule has 0 bridgehead atoms. The van der Waals surface area contributed by atoms with Crippen molar-refractivity contribution in [1.82, 2.24) is 5.32 Å². The summed E-state index contributed by atoms with van der Waals surface area (Å²) in [5.74, 6) is -2.32. The zero-order valence-corrected chi connectivity index (χ0v) is 12.1. The lowest BCUT2D eigenvalue weighted by molar-refractivity contribution is 0.472. The van der Waals surface area contributed by atoms with E-state index >= 15 is 0 Å². The molecule has 0 aliphatic carbocycles. The highest BCUT2D eigenvalue weighted by molar-refractivity contribution is 5.35. The van der Waals surface area contributed by atoms with E-state index in [9.17, 15) is 13.2 Å². The van der Waals surface area contributed by atoms with E-state index in [0.29, 0.717) is 24.8 Å². The van der Waals surface area contributed by atoms with Gasteiger partial charge in [0.15, 0.2) is 11.6 Å². The van der Waals surface area contributed by atoms with Gasteiger partial charge in [0.05, 0.1) is 12.3 Å². The van der Waals surface area contributed by atoms with Gasteiger partial charge in [-0.3, -0.25) is 0 Å². The summed E-state index contributed by atoms with van der Waals surface area (Å²) in [6, 6.07) is 2.66. The molecule has 1 N–H and O–H groups in total. The Morgan fingerprint density at radius 3 is 2.43 bits per heavy atom. The molecule has 5 heteroatoms. The first-order chi connectivity index (χ1) is 10.1. The zero-order chi connectivity index (χ0) is 15.4. The summed E-state index contributed by atoms with van der Waals surface area (Å²) < 4.78 is 46.0. The molecule has 0 aliphatic heterocycles. The molecule has 1 atom stereocenters. The maximum atomic E-state index is 14.1. The number of hydrogen-bond acceptors (Lipinski definition) is 2. The van der Waals surface area contributed by atoms with Crippen LogP contribution in [0.1, 0.15) is 43.2 Å². The Hall–Kier alpha value is -1.75. The van der Waals surface area contributed by atoms with Crippen LogP contribution in [0.4, 0.5) is 13.2 Å². The highest BCUT2D eigenvalue weighted by atomic mass is 19.2. The van der Waals surface area contributed by atoms with E-state index in [1.54, 1.807) is 6.07 Å². The number of nitrogens with one attached hydrogen (secondary N) is 1. The predicted molar refractivity (Wildman–Crippen MR) is 74.5 cm³/mol. The largest absolute Gasteiger partial charge is 0.469 e. The van der Waals surface area contributed by atoms with Crippen LogP contribution in [-0.2, 0) is 6.42 Å². The molecule has 0 spiro atoms. The molecule has 0 radical (unpaired) electrons. The summed E-state index contributed by atoms with van der Waals surface area (Å²) in [6.07, 6.45) is 2.99. The second-order valence-corrected chi connectivity index (χ2v) is 4.83. The SMILES string of the molecule is CCCNC(c1cc(F)c(F)cc1F)c1ccoc1CC. The molecule has 1 unspecified atom stereocenters. The van der Waals surface area contributed by atoms with Crippen LogP contribution < -0.4 is 5.32 Å². The van der Waals surface area contributed by atoms with Crippen LogP contribution in [-0.4, -0.2) is 6.54 Å². The second kappa shape index (κ2) is 6.80. The third-order valence-corrected chi connectivity index (χ3v) is 3.36. The van der Waals surface area contributed by atoms with Gasteiger partial charge in [-0.15, -0.1) is 0 Å². The van der Waals surface area contributed by atoms with Crippen LogP contribution in [0, 0.1) is 17.5 Å². The Morgan fingerprint density at radius 2 is 1.76 bits per heavy atom. The summed E-state index contributed by atoms with van der Waals surface area (Å²) in [7, 11) is 0. The van der Waals surface area contributed by atoms with Crippen LogP contribution in [0.3, 0.4) is 0 Å². The topological polar surface area (TPSA) is 25.2 Å². The molecule has 0 saturated carbocycles. The third kappa shape index (κ3) is 3.29. The molecule has 0 amide bonds. The first kappa shape index (κ1) is 15.6. The monoisotopic (exact) mass is 297 g/mol. The van der Waals surface area contributed by atoms with Crippen molar-refractivity contribution >= 4 is 0 Å². The quantitative estimate of drug-likeness (QED) is 0.802. The highest BCUT2D eigenvalue weighted by Gasteiger charge is 2.23. The molecule has 2 aromatic rings. The number of aryl methyl sites for hydroxylation is 1. The van der Waals surface area contributed by atoms with E-state index in [2.05, 4.69) is 5.32 Å². The van der Waals surface area contributed by atoms with Gasteiger partial charge >= 0.3 is 0 Å². The van der Waals surface area contributed by atoms with Crippen LogP contribution in [0.2, 0.25) is 0 Å². The Kier molecular flexibility index (Phi) is 5.07. The van der Waals surface area contributed by atoms with Gasteiger partial charge in [0.2, 0.25) is 0 Å². The number of furan rings is 1. The number of halogens is 3. The number of rotatable bonds is 6. The van der Waals surface area contributed by atoms with Crippen LogP contribution >= 0.6 is 0 Å². The molecule has 0 aliphatic rings. The van der Waals surface area contributed by atoms with Gasteiger partial charge in [-0.1, -0.05) is 13.8 Å². The molecule has 21 heavy (non-hydrogen) atoms. The summed E-state index contributed by atoms with van der Waals surface area (Å²) in [6.45, 7) is 4.51. The summed E-state index contributed by atoms with van der Waals surface area (Å²) >= 11 is 0. The summed E-state index contributed by atoms with van der Waals surface area (Å²) in [5.41, 5.74) is 0.828. The lowest BCUT2D eigenvalue weighted by Crippen LogP contribution is -2.25. The van der Waals surface area contributed by atoms with Gasteiger partial charge in [-0.05, 0) is 25.1 Å². The van der Waals surface area contributed by atoms with Crippen LogP contribution in [0.25, 0.3) is 0 Å². The van der Waals surface area contributed by atoms with Crippen molar-refractivity contribution < 1.29 is 17.6 Å². The van der Waals surface area contributed by atoms with Gasteiger partial charge in [0.25, 0.3) is 0 Å². The third-order valence-electron chi connectivity index (χ3n) is 3.36. The van der Waals surface area contributed by atoms with Crippen molar-refractivity contribution in [3.05, 3.63) is 58.8 Å². The molecule has 0 fully saturated rings. The molecular weight excluding hydrogens is 279 g/mol. The smallest absolute Gasteiger partial charge is 0.161 e. The average molecular weight is 297 g/mol. The van der Waals surface area contributed by atoms with Crippen molar-refractivity contribution in [2.24, 2.45) is 0 Å². The fraction of sp³-hybridized carbons (Fsp3) is 0.375. The summed E-state index contributed by atoms with van der Waals surface area (Å²) in [4.78, 5) is 0. The van der Waals surface area contributed by atoms with E-state index in [0.717, 1.165) is 18.1 Å². The van der Waals surface area contributed by atoms with Gasteiger partial charge in [-0.25, -0.2) is 13.2 Å². The van der Waals surface area contributed by atoms with Gasteiger partial charge < -0.3 is 9.73 Å². The molecule has 0 saturated heterocycles. The molecule has 1 aromatic carbocycles. The molecule has 1 heterocycles. The van der Waals surface area contributed by atoms with E-state index in [-0.39, 0.29) is 5.56 Å². The van der Waals surface area contributed by atoms with E-state index < -0.39 is 23.5 Å². The van der Waals surface area contributed by atoms with Crippen molar-refractivity contribution in [3.63, 3.8) is 0 Å². The van der Waals surface area contributed by atoms with Gasteiger partial charge in [0.1, 0.15) is 11.6 Å². The van der Waals surface area contributed by atoms with Crippen molar-refractivity contribution in [3.8, 4) is 0 Å². The fourth-order valence-corrected chi connectivity index (χ4v) is 2.33. The van der Waals surface area contributed by atoms with Crippen molar-refractivity contribution in [2.45, 2.75) is 32.7 Å². The first-order valence-electron chi connectivity index (χ1n) is 7.02. The van der Waals surface area contributed by atoms with E-state index in [4.69, 9.17) is 4.42 Å². The van der Waals surface area contributed by atoms with E-state index in [1.165, 1.54) is 6.26 Å². The lowest BCUT2D eigenvalue weighted by atomic mass is 9.97. The number of benzene rings is 1. The Bertz CT molecular complexity index is 610. The Labute approximate surface area is 122 Å². The van der Waals surface area contributed by atoms with E-state index in [1.807, 2.05) is 13.8 Å². The zero-order valence-electron chi connectivity index (χ0n) is 12.1. The lowest BCUT2D eigenvalue weighted by Gasteiger charge is -2.20. The molecule has 2 nitrogen and oxygen atoms in total. The summed E-state index contributed by atoms with van der Waals surface area (Å²) in [5, 5.41) is 3.16. The number of hydrogen-bond donors (Lipinski definition) is 1. The molecule has 114 valence electrons. The Balaban J connectivity index is 2.48. The highest BCUT2D eigenvalue weighted by Crippen LogP contribution is 2.29. The van der Waals surface area contributed by atoms with Crippen molar-refractivity contribution in [2.75, 3.05) is 6.54 Å². The van der Waals surface area contributed by atoms with Crippen LogP contribution in [0.15, 0.2) is 28.9 Å². The predicted octanol–water partition coefficient (Wildman–Crippen LogP) is 4.35. The molecular formula is C16H18F3NO. The molecule has 2 rings (SSSR count). The fourth-order valence-electron chi connectivity index (χ4n) is 2.33.